The predicted octanol–water partition coefficient (Wildman–Crippen LogP) is 1.02. The van der Waals surface area contributed by atoms with E-state index in [2.05, 4.69) is 10.6 Å². The van der Waals surface area contributed by atoms with E-state index in [-0.39, 0.29) is 0 Å². The molecule has 2 atom stereocenters. The summed E-state index contributed by atoms with van der Waals surface area (Å²) in [5.41, 5.74) is 0. The third-order valence-corrected chi connectivity index (χ3v) is 3.01. The standard InChI is InChI=1S/C8H14N2S/c11-8-9-5-6-3-1-2-4-7(6)10-8/h6-7H,1-5H2,(H2,9,10,11). The zero-order chi connectivity index (χ0) is 7.68. The Labute approximate surface area is 72.7 Å². The monoisotopic (exact) mass is 170 g/mol. The summed E-state index contributed by atoms with van der Waals surface area (Å²) in [4.78, 5) is 0. The molecule has 2 fully saturated rings. The summed E-state index contributed by atoms with van der Waals surface area (Å²) in [6, 6.07) is 0.678. The number of hydrogen-bond acceptors (Lipinski definition) is 1. The maximum Gasteiger partial charge on any atom is 0.166 e. The first-order valence-electron chi connectivity index (χ1n) is 4.40. The fourth-order valence-electron chi connectivity index (χ4n) is 2.09. The van der Waals surface area contributed by atoms with E-state index in [0.29, 0.717) is 6.04 Å². The van der Waals surface area contributed by atoms with E-state index < -0.39 is 0 Å². The molecule has 2 aliphatic rings. The highest BCUT2D eigenvalue weighted by Crippen LogP contribution is 2.25. The fourth-order valence-corrected chi connectivity index (χ4v) is 2.32. The Kier molecular flexibility index (Phi) is 1.98. The second kappa shape index (κ2) is 2.97. The third kappa shape index (κ3) is 1.48. The van der Waals surface area contributed by atoms with Gasteiger partial charge in [-0.3, -0.25) is 0 Å². The minimum Gasteiger partial charge on any atom is -0.362 e. The number of thiocarbonyl (C=S) groups is 1. The maximum atomic E-state index is 5.05. The molecule has 2 nitrogen and oxygen atoms in total. The van der Waals surface area contributed by atoms with Crippen LogP contribution in [0.1, 0.15) is 25.7 Å². The van der Waals surface area contributed by atoms with Crippen molar-refractivity contribution >= 4 is 17.3 Å². The molecule has 0 amide bonds. The molecule has 1 saturated heterocycles. The van der Waals surface area contributed by atoms with E-state index in [1.165, 1.54) is 25.7 Å². The molecule has 11 heavy (non-hydrogen) atoms. The normalized spacial score (nSPS) is 36.9. The second-order valence-corrected chi connectivity index (χ2v) is 3.91. The van der Waals surface area contributed by atoms with Crippen LogP contribution in [0.5, 0.6) is 0 Å². The number of nitrogens with one attached hydrogen (secondary N) is 2. The van der Waals surface area contributed by atoms with Crippen LogP contribution < -0.4 is 10.6 Å². The van der Waals surface area contributed by atoms with Crippen molar-refractivity contribution in [2.24, 2.45) is 5.92 Å². The van der Waals surface area contributed by atoms with Crippen molar-refractivity contribution in [2.75, 3.05) is 6.54 Å². The number of rotatable bonds is 0. The molecule has 0 radical (unpaired) electrons. The van der Waals surface area contributed by atoms with E-state index in [4.69, 9.17) is 12.2 Å². The van der Waals surface area contributed by atoms with Gasteiger partial charge in [-0.1, -0.05) is 12.8 Å². The van der Waals surface area contributed by atoms with Gasteiger partial charge >= 0.3 is 0 Å². The highest BCUT2D eigenvalue weighted by Gasteiger charge is 2.28. The smallest absolute Gasteiger partial charge is 0.166 e. The minimum absolute atomic E-state index is 0.678. The van der Waals surface area contributed by atoms with Gasteiger partial charge < -0.3 is 10.6 Å². The van der Waals surface area contributed by atoms with E-state index in [1.54, 1.807) is 0 Å². The Balaban J connectivity index is 1.98. The average Bonchev–Trinajstić information content (AvgIpc) is 2.04. The summed E-state index contributed by atoms with van der Waals surface area (Å²) in [6.45, 7) is 1.09. The molecule has 2 N–H and O–H groups in total. The largest absolute Gasteiger partial charge is 0.362 e. The molecule has 62 valence electrons. The van der Waals surface area contributed by atoms with Gasteiger partial charge in [0.25, 0.3) is 0 Å². The molecule has 0 aromatic carbocycles. The number of fused-ring (bicyclic) bond motifs is 1. The lowest BCUT2D eigenvalue weighted by Gasteiger charge is -2.37. The van der Waals surface area contributed by atoms with Crippen LogP contribution in [0.3, 0.4) is 0 Å². The molecule has 3 heteroatoms. The van der Waals surface area contributed by atoms with Crippen LogP contribution in [-0.2, 0) is 0 Å². The Morgan fingerprint density at radius 2 is 2.09 bits per heavy atom. The lowest BCUT2D eigenvalue weighted by molar-refractivity contribution is 0.269. The first-order valence-corrected chi connectivity index (χ1v) is 4.81. The first-order chi connectivity index (χ1) is 5.36. The van der Waals surface area contributed by atoms with Crippen molar-refractivity contribution in [1.82, 2.24) is 10.6 Å². The number of hydrogen-bond donors (Lipinski definition) is 2. The molecule has 0 bridgehead atoms. The van der Waals surface area contributed by atoms with Gasteiger partial charge in [0, 0.05) is 12.6 Å². The Hall–Kier alpha value is -0.310. The lowest BCUT2D eigenvalue weighted by atomic mass is 9.83. The fraction of sp³-hybridized carbons (Fsp3) is 0.875. The molecule has 0 spiro atoms. The minimum atomic E-state index is 0.678. The SMILES string of the molecule is S=C1NCC2CCCCC2N1. The Morgan fingerprint density at radius 1 is 1.27 bits per heavy atom. The molecule has 1 aliphatic carbocycles. The van der Waals surface area contributed by atoms with E-state index >= 15 is 0 Å². The highest BCUT2D eigenvalue weighted by atomic mass is 32.1. The Morgan fingerprint density at radius 3 is 3.00 bits per heavy atom. The molecular weight excluding hydrogens is 156 g/mol. The summed E-state index contributed by atoms with van der Waals surface area (Å²) in [5, 5.41) is 7.39. The summed E-state index contributed by atoms with van der Waals surface area (Å²) in [5.74, 6) is 0.829. The van der Waals surface area contributed by atoms with Crippen molar-refractivity contribution in [1.29, 1.82) is 0 Å². The average molecular weight is 170 g/mol. The van der Waals surface area contributed by atoms with Gasteiger partial charge in [-0.15, -0.1) is 0 Å². The molecule has 1 aliphatic heterocycles. The third-order valence-electron chi connectivity index (χ3n) is 2.75. The van der Waals surface area contributed by atoms with Crippen LogP contribution in [0.4, 0.5) is 0 Å². The van der Waals surface area contributed by atoms with Crippen molar-refractivity contribution in [3.63, 3.8) is 0 Å². The lowest BCUT2D eigenvalue weighted by Crippen LogP contribution is -2.55. The summed E-state index contributed by atoms with van der Waals surface area (Å²) < 4.78 is 0. The Bertz CT molecular complexity index is 169. The van der Waals surface area contributed by atoms with Gasteiger partial charge in [0.15, 0.2) is 5.11 Å². The molecule has 1 heterocycles. The van der Waals surface area contributed by atoms with Gasteiger partial charge in [0.2, 0.25) is 0 Å². The van der Waals surface area contributed by atoms with Crippen LogP contribution >= 0.6 is 12.2 Å². The van der Waals surface area contributed by atoms with Gasteiger partial charge in [-0.25, -0.2) is 0 Å². The second-order valence-electron chi connectivity index (χ2n) is 3.51. The van der Waals surface area contributed by atoms with Crippen molar-refractivity contribution < 1.29 is 0 Å². The van der Waals surface area contributed by atoms with Crippen molar-refractivity contribution in [2.45, 2.75) is 31.7 Å². The van der Waals surface area contributed by atoms with E-state index in [1.807, 2.05) is 0 Å². The van der Waals surface area contributed by atoms with E-state index in [9.17, 15) is 0 Å². The van der Waals surface area contributed by atoms with Crippen molar-refractivity contribution in [3.05, 3.63) is 0 Å². The topological polar surface area (TPSA) is 24.1 Å². The highest BCUT2D eigenvalue weighted by molar-refractivity contribution is 7.80. The summed E-state index contributed by atoms with van der Waals surface area (Å²) in [7, 11) is 0. The van der Waals surface area contributed by atoms with Gasteiger partial charge in [-0.2, -0.15) is 0 Å². The van der Waals surface area contributed by atoms with Gasteiger partial charge in [-0.05, 0) is 31.0 Å². The van der Waals surface area contributed by atoms with Crippen LogP contribution in [0, 0.1) is 5.92 Å². The van der Waals surface area contributed by atoms with Gasteiger partial charge in [0.1, 0.15) is 0 Å². The molecule has 1 saturated carbocycles. The summed E-state index contributed by atoms with van der Waals surface area (Å²) >= 11 is 5.05. The molecule has 0 aromatic heterocycles. The predicted molar refractivity (Wildman–Crippen MR) is 49.5 cm³/mol. The maximum absolute atomic E-state index is 5.05. The zero-order valence-corrected chi connectivity index (χ0v) is 7.41. The van der Waals surface area contributed by atoms with Crippen LogP contribution in [0.2, 0.25) is 0 Å². The van der Waals surface area contributed by atoms with Crippen LogP contribution in [0.15, 0.2) is 0 Å². The van der Waals surface area contributed by atoms with Gasteiger partial charge in [0.05, 0.1) is 0 Å². The molecule has 0 aromatic rings. The molecular formula is C8H14N2S. The van der Waals surface area contributed by atoms with E-state index in [0.717, 1.165) is 17.6 Å². The van der Waals surface area contributed by atoms with Crippen molar-refractivity contribution in [3.8, 4) is 0 Å². The summed E-state index contributed by atoms with van der Waals surface area (Å²) in [6.07, 6.45) is 5.45. The molecule has 2 unspecified atom stereocenters. The van der Waals surface area contributed by atoms with Crippen LogP contribution in [-0.4, -0.2) is 17.7 Å². The first kappa shape index (κ1) is 7.35. The zero-order valence-electron chi connectivity index (χ0n) is 6.60. The van der Waals surface area contributed by atoms with Crippen LogP contribution in [0.25, 0.3) is 0 Å². The quantitative estimate of drug-likeness (QED) is 0.531. The molecule has 2 rings (SSSR count).